The second-order valence-corrected chi connectivity index (χ2v) is 33.1. The van der Waals surface area contributed by atoms with Gasteiger partial charge in [-0.2, -0.15) is 9.97 Å². The third-order valence-electron chi connectivity index (χ3n) is 25.8. The molecule has 0 amide bonds. The number of rotatable bonds is 11. The first kappa shape index (κ1) is 73.7. The highest BCUT2D eigenvalue weighted by molar-refractivity contribution is 6.36. The SMILES string of the molecule is c1ccc(-c2nc(-c3ccccc3)nc(-c3ccc4ccc5c6c(ccc3c46)cc3c5c4ncccc4n3-c3ccccc3)n2)cc1.c1ccc(-c2nc(-c3ccccc3)nc(-n3c4cccnc4c4c5ccc6cccc7ccc(cc43)c5c76)n2)cc1.c1ccc(N(c2ccccc2)c2ccc(-n3c4cccnc4c4c5ccc6cccc7ccc(cc43)c5c76)cc2)cc1. The summed E-state index contributed by atoms with van der Waals surface area (Å²) in [6.07, 6.45) is 5.66. The molecule has 0 fully saturated rings. The van der Waals surface area contributed by atoms with Gasteiger partial charge in [-0.1, -0.05) is 291 Å². The lowest BCUT2D eigenvalue weighted by Crippen LogP contribution is -2.09. The average Bonchev–Trinajstić information content (AvgIpc) is 1.50. The molecule has 13 nitrogen and oxygen atoms in total. The molecule has 0 spiro atoms. The van der Waals surface area contributed by atoms with Crippen LogP contribution in [-0.4, -0.2) is 58.6 Å². The van der Waals surface area contributed by atoms with E-state index in [0.717, 1.165) is 117 Å². The van der Waals surface area contributed by atoms with E-state index in [4.69, 9.17) is 44.9 Å². The Hall–Kier alpha value is -17.8. The Morgan fingerprint density at radius 3 is 0.908 bits per heavy atom. The highest BCUT2D eigenvalue weighted by Crippen LogP contribution is 2.49. The number of anilines is 3. The smallest absolute Gasteiger partial charge is 0.238 e. The second-order valence-electron chi connectivity index (χ2n) is 33.1. The van der Waals surface area contributed by atoms with E-state index >= 15 is 0 Å². The van der Waals surface area contributed by atoms with E-state index in [-0.39, 0.29) is 0 Å². The van der Waals surface area contributed by atoms with E-state index in [1.54, 1.807) is 0 Å². The maximum absolute atomic E-state index is 5.07. The van der Waals surface area contributed by atoms with Crippen LogP contribution in [0.4, 0.5) is 17.1 Å². The molecule has 0 unspecified atom stereocenters. The van der Waals surface area contributed by atoms with Gasteiger partial charge in [-0.25, -0.2) is 19.9 Å². The average molecular weight is 1660 g/mol. The Kier molecular flexibility index (Phi) is 17.0. The van der Waals surface area contributed by atoms with Gasteiger partial charge in [-0.05, 0) is 218 Å². The van der Waals surface area contributed by atoms with Gasteiger partial charge in [-0.15, -0.1) is 0 Å². The fraction of sp³-hybridized carbons (Fsp3) is 0. The van der Waals surface area contributed by atoms with Gasteiger partial charge in [0.15, 0.2) is 29.1 Å². The molecule has 0 aliphatic carbocycles. The first-order valence-electron chi connectivity index (χ1n) is 43.7. The standard InChI is InChI=1S/C42H25N5.C39H25N3.C36H21N5/c1-4-11-27(12-5-1)40-44-41(28-13-6-2-7-14-28)46-42(45-40)32-22-18-26-19-23-33-37-29(20-21-31(32)36(26)37)25-35-38(33)39-34(17-10-24-43-39)47(35)30-15-8-3-9-16-30;1-3-11-29(12-4-1)41(30-13-5-2-6-14-30)31-19-21-32(22-20-31)42-34-15-8-24-40-39(34)38-33-23-18-27-10-7-9-26-16-17-28(25-35(38)42)37(33)36(26)27;1-3-9-24(10-4-1)34-38-35(25-11-5-2-6-12-25)40-36(39-34)41-28-15-8-20-37-33(28)32-27-19-18-23-14-7-13-22-16-17-26(21-29(32)41)31(27)30(22)23/h1-25H;1-25H;1-21H. The van der Waals surface area contributed by atoms with Crippen molar-refractivity contribution in [2.45, 2.75) is 0 Å². The van der Waals surface area contributed by atoms with Crippen LogP contribution < -0.4 is 4.90 Å². The molecule has 0 bridgehead atoms. The molecule has 20 aromatic carbocycles. The predicted molar refractivity (Wildman–Crippen MR) is 535 cm³/mol. The maximum atomic E-state index is 5.07. The number of nitrogens with zero attached hydrogens (tertiary/aromatic N) is 13. The fourth-order valence-corrected chi connectivity index (χ4v) is 20.1. The van der Waals surface area contributed by atoms with Crippen molar-refractivity contribution in [3.8, 4) is 74.3 Å². The van der Waals surface area contributed by atoms with Gasteiger partial charge < -0.3 is 14.0 Å². The zero-order chi connectivity index (χ0) is 85.4. The summed E-state index contributed by atoms with van der Waals surface area (Å²) in [5.74, 6) is 3.79. The lowest BCUT2D eigenvalue weighted by molar-refractivity contribution is 0.953. The van der Waals surface area contributed by atoms with E-state index in [1.165, 1.54) is 102 Å². The molecule has 13 heteroatoms. The van der Waals surface area contributed by atoms with Crippen molar-refractivity contribution in [2.24, 2.45) is 0 Å². The van der Waals surface area contributed by atoms with E-state index in [1.807, 2.05) is 158 Å². The third kappa shape index (κ3) is 11.9. The summed E-state index contributed by atoms with van der Waals surface area (Å²) >= 11 is 0. The monoisotopic (exact) mass is 1660 g/mol. The molecule has 28 rings (SSSR count). The van der Waals surface area contributed by atoms with Crippen LogP contribution >= 0.6 is 0 Å². The Morgan fingerprint density at radius 1 is 0.185 bits per heavy atom. The number of benzene rings is 20. The molecule has 0 atom stereocenters. The minimum absolute atomic E-state index is 0.568. The van der Waals surface area contributed by atoms with E-state index in [0.29, 0.717) is 35.1 Å². The molecular formula is C117H71N13. The van der Waals surface area contributed by atoms with Gasteiger partial charge >= 0.3 is 0 Å². The minimum Gasteiger partial charge on any atom is -0.311 e. The molecule has 0 N–H and O–H groups in total. The van der Waals surface area contributed by atoms with Crippen molar-refractivity contribution >= 4 is 180 Å². The Balaban J connectivity index is 0.000000103. The van der Waals surface area contributed by atoms with Crippen molar-refractivity contribution in [3.05, 3.63) is 431 Å². The molecule has 0 radical (unpaired) electrons. The molecule has 604 valence electrons. The first-order chi connectivity index (χ1) is 64.5. The summed E-state index contributed by atoms with van der Waals surface area (Å²) in [6.45, 7) is 0. The van der Waals surface area contributed by atoms with Crippen LogP contribution in [0.2, 0.25) is 0 Å². The predicted octanol–water partition coefficient (Wildman–Crippen LogP) is 29.4. The fourth-order valence-electron chi connectivity index (χ4n) is 20.1. The summed E-state index contributed by atoms with van der Waals surface area (Å²) in [7, 11) is 0. The largest absolute Gasteiger partial charge is 0.311 e. The number of fused-ring (bicyclic) bond motifs is 12. The molecule has 28 aromatic rings. The minimum atomic E-state index is 0.568. The van der Waals surface area contributed by atoms with E-state index < -0.39 is 0 Å². The van der Waals surface area contributed by atoms with Crippen molar-refractivity contribution in [2.75, 3.05) is 4.90 Å². The summed E-state index contributed by atoms with van der Waals surface area (Å²) in [5, 5.41) is 25.7. The van der Waals surface area contributed by atoms with Crippen LogP contribution in [-0.2, 0) is 0 Å². The van der Waals surface area contributed by atoms with Gasteiger partial charge in [0.25, 0.3) is 0 Å². The van der Waals surface area contributed by atoms with Crippen molar-refractivity contribution in [3.63, 3.8) is 0 Å². The van der Waals surface area contributed by atoms with Crippen LogP contribution in [0.1, 0.15) is 0 Å². The van der Waals surface area contributed by atoms with Crippen LogP contribution in [0.25, 0.3) is 237 Å². The molecule has 0 saturated heterocycles. The quantitative estimate of drug-likeness (QED) is 0.115. The molecular weight excluding hydrogens is 1590 g/mol. The van der Waals surface area contributed by atoms with Crippen LogP contribution in [0.15, 0.2) is 431 Å². The highest BCUT2D eigenvalue weighted by atomic mass is 15.2. The number of pyridine rings is 3. The molecule has 8 aromatic heterocycles. The highest BCUT2D eigenvalue weighted by Gasteiger charge is 2.27. The summed E-state index contributed by atoms with van der Waals surface area (Å²) in [4.78, 5) is 47.2. The van der Waals surface area contributed by atoms with Crippen LogP contribution in [0.5, 0.6) is 0 Å². The molecule has 130 heavy (non-hydrogen) atoms. The summed E-state index contributed by atoms with van der Waals surface area (Å²) in [5.41, 5.74) is 19.8. The van der Waals surface area contributed by atoms with Crippen molar-refractivity contribution in [1.29, 1.82) is 0 Å². The topological polar surface area (TPSA) is 134 Å². The van der Waals surface area contributed by atoms with Gasteiger partial charge in [0.1, 0.15) is 0 Å². The van der Waals surface area contributed by atoms with Crippen LogP contribution in [0.3, 0.4) is 0 Å². The summed E-state index contributed by atoms with van der Waals surface area (Å²) < 4.78 is 6.84. The van der Waals surface area contributed by atoms with Gasteiger partial charge in [0, 0.05) is 91.0 Å². The van der Waals surface area contributed by atoms with Gasteiger partial charge in [0.05, 0.1) is 49.7 Å². The zero-order valence-corrected chi connectivity index (χ0v) is 69.8. The van der Waals surface area contributed by atoms with Gasteiger partial charge in [-0.3, -0.25) is 19.5 Å². The normalized spacial score (nSPS) is 11.8. The first-order valence-corrected chi connectivity index (χ1v) is 43.7. The van der Waals surface area contributed by atoms with E-state index in [9.17, 15) is 0 Å². The second kappa shape index (κ2) is 30.0. The molecule has 0 saturated carbocycles. The Morgan fingerprint density at radius 2 is 0.485 bits per heavy atom. The van der Waals surface area contributed by atoms with E-state index in [2.05, 4.69) is 292 Å². The number of aromatic nitrogens is 12. The Bertz CT molecular complexity index is 9090. The molecule has 0 aliphatic rings. The third-order valence-corrected chi connectivity index (χ3v) is 25.8. The Labute approximate surface area is 743 Å². The molecule has 0 aliphatic heterocycles. The lowest BCUT2D eigenvalue weighted by atomic mass is 9.90. The molecule has 8 heterocycles. The van der Waals surface area contributed by atoms with Crippen molar-refractivity contribution in [1.82, 2.24) is 58.6 Å². The zero-order valence-electron chi connectivity index (χ0n) is 69.8. The number of hydrogen-bond acceptors (Lipinski definition) is 10. The maximum Gasteiger partial charge on any atom is 0.238 e. The lowest BCUT2D eigenvalue weighted by Gasteiger charge is -2.25. The van der Waals surface area contributed by atoms with Crippen LogP contribution in [0, 0.1) is 0 Å². The summed E-state index contributed by atoms with van der Waals surface area (Å²) in [6, 6.07) is 145. The van der Waals surface area contributed by atoms with Gasteiger partial charge in [0.2, 0.25) is 5.95 Å². The van der Waals surface area contributed by atoms with Crippen molar-refractivity contribution < 1.29 is 0 Å². The number of hydrogen-bond donors (Lipinski definition) is 0. The number of para-hydroxylation sites is 3.